The van der Waals surface area contributed by atoms with Crippen LogP contribution in [0.3, 0.4) is 0 Å². The predicted molar refractivity (Wildman–Crippen MR) is 90.6 cm³/mol. The Labute approximate surface area is 135 Å². The Kier molecular flexibility index (Phi) is 4.92. The van der Waals surface area contributed by atoms with E-state index in [1.54, 1.807) is 11.3 Å². The van der Waals surface area contributed by atoms with Crippen LogP contribution in [0.4, 0.5) is 0 Å². The topological polar surface area (TPSA) is 32.3 Å². The molecule has 5 heteroatoms. The summed E-state index contributed by atoms with van der Waals surface area (Å²) >= 11 is 3.76. The van der Waals surface area contributed by atoms with Crippen molar-refractivity contribution in [1.29, 1.82) is 0 Å². The molecule has 0 spiro atoms. The molecule has 3 rings (SSSR count). The maximum atomic E-state index is 12.8. The number of thiophene rings is 1. The number of nitrogens with zero attached hydrogens (tertiary/aromatic N) is 1. The lowest BCUT2D eigenvalue weighted by Gasteiger charge is -2.26. The minimum Gasteiger partial charge on any atom is -0.320 e. The van der Waals surface area contributed by atoms with E-state index in [0.717, 1.165) is 13.0 Å². The lowest BCUT2D eigenvalue weighted by Crippen LogP contribution is -2.35. The maximum Gasteiger partial charge on any atom is 0.241 e. The van der Waals surface area contributed by atoms with Gasteiger partial charge in [-0.3, -0.25) is 10.1 Å². The van der Waals surface area contributed by atoms with Crippen LogP contribution in [0, 0.1) is 11.8 Å². The first kappa shape index (κ1) is 15.4. The molecule has 3 heterocycles. The standard InChI is InChI=1S/C16H24N2OS2/c1-11(2)8-13-16(19)18(9-12-5-7-20-10-12)15(17-13)14-4-3-6-21-14/h3-4,6,11-13,15,17H,5,7-10H2,1-2H3. The van der Waals surface area contributed by atoms with Gasteiger partial charge in [0.05, 0.1) is 6.04 Å². The highest BCUT2D eigenvalue weighted by Crippen LogP contribution is 2.33. The van der Waals surface area contributed by atoms with Gasteiger partial charge in [0.25, 0.3) is 0 Å². The Morgan fingerprint density at radius 1 is 1.48 bits per heavy atom. The van der Waals surface area contributed by atoms with E-state index < -0.39 is 0 Å². The summed E-state index contributed by atoms with van der Waals surface area (Å²) in [6.07, 6.45) is 2.27. The first-order valence-electron chi connectivity index (χ1n) is 7.83. The van der Waals surface area contributed by atoms with Gasteiger partial charge in [-0.1, -0.05) is 19.9 Å². The molecule has 3 nitrogen and oxygen atoms in total. The third-order valence-corrected chi connectivity index (χ3v) is 6.41. The molecule has 1 N–H and O–H groups in total. The highest BCUT2D eigenvalue weighted by atomic mass is 32.2. The molecule has 0 aromatic carbocycles. The first-order valence-corrected chi connectivity index (χ1v) is 9.86. The van der Waals surface area contributed by atoms with Gasteiger partial charge in [-0.05, 0) is 47.6 Å². The van der Waals surface area contributed by atoms with Crippen LogP contribution >= 0.6 is 23.1 Å². The quantitative estimate of drug-likeness (QED) is 0.901. The van der Waals surface area contributed by atoms with Crippen LogP contribution in [0.25, 0.3) is 0 Å². The lowest BCUT2D eigenvalue weighted by atomic mass is 10.0. The molecule has 0 saturated carbocycles. The molecule has 2 aliphatic rings. The molecule has 116 valence electrons. The molecule has 2 saturated heterocycles. The number of hydrogen-bond acceptors (Lipinski definition) is 4. The van der Waals surface area contributed by atoms with E-state index in [4.69, 9.17) is 0 Å². The lowest BCUT2D eigenvalue weighted by molar-refractivity contribution is -0.130. The van der Waals surface area contributed by atoms with Gasteiger partial charge in [-0.2, -0.15) is 11.8 Å². The Hall–Kier alpha value is -0.520. The SMILES string of the molecule is CC(C)CC1NC(c2cccs2)N(CC2CCSC2)C1=O. The normalized spacial score (nSPS) is 29.8. The van der Waals surface area contributed by atoms with Crippen LogP contribution in [-0.4, -0.2) is 34.9 Å². The number of nitrogens with one attached hydrogen (secondary N) is 1. The Bertz CT molecular complexity index is 469. The predicted octanol–water partition coefficient (Wildman–Crippen LogP) is 3.35. The smallest absolute Gasteiger partial charge is 0.241 e. The molecule has 1 aromatic rings. The summed E-state index contributed by atoms with van der Waals surface area (Å²) in [6.45, 7) is 5.28. The monoisotopic (exact) mass is 324 g/mol. The van der Waals surface area contributed by atoms with Crippen molar-refractivity contribution in [2.24, 2.45) is 11.8 Å². The van der Waals surface area contributed by atoms with E-state index in [9.17, 15) is 4.79 Å². The van der Waals surface area contributed by atoms with Crippen LogP contribution in [0.15, 0.2) is 17.5 Å². The Balaban J connectivity index is 1.76. The van der Waals surface area contributed by atoms with E-state index in [2.05, 4.69) is 41.6 Å². The third-order valence-electron chi connectivity index (χ3n) is 4.25. The molecule has 1 aromatic heterocycles. The number of hydrogen-bond donors (Lipinski definition) is 1. The molecular formula is C16H24N2OS2. The molecular weight excluding hydrogens is 300 g/mol. The second-order valence-corrected chi connectivity index (χ2v) is 8.62. The Morgan fingerprint density at radius 3 is 2.95 bits per heavy atom. The van der Waals surface area contributed by atoms with Gasteiger partial charge in [0.1, 0.15) is 6.17 Å². The van der Waals surface area contributed by atoms with Gasteiger partial charge in [0.2, 0.25) is 5.91 Å². The molecule has 0 bridgehead atoms. The fourth-order valence-electron chi connectivity index (χ4n) is 3.20. The van der Waals surface area contributed by atoms with Crippen molar-refractivity contribution < 1.29 is 4.79 Å². The zero-order chi connectivity index (χ0) is 14.8. The molecule has 2 aliphatic heterocycles. The van der Waals surface area contributed by atoms with Gasteiger partial charge < -0.3 is 4.90 Å². The van der Waals surface area contributed by atoms with Crippen LogP contribution < -0.4 is 5.32 Å². The van der Waals surface area contributed by atoms with Crippen LogP contribution in [0.1, 0.15) is 37.7 Å². The summed E-state index contributed by atoms with van der Waals surface area (Å²) in [5.74, 6) is 3.96. The number of carbonyl (C=O) groups excluding carboxylic acids is 1. The van der Waals surface area contributed by atoms with E-state index in [-0.39, 0.29) is 12.2 Å². The average molecular weight is 325 g/mol. The van der Waals surface area contributed by atoms with Crippen molar-refractivity contribution in [3.05, 3.63) is 22.4 Å². The summed E-state index contributed by atoms with van der Waals surface area (Å²) in [5.41, 5.74) is 0. The number of rotatable bonds is 5. The number of carbonyl (C=O) groups is 1. The van der Waals surface area contributed by atoms with Gasteiger partial charge in [0, 0.05) is 11.4 Å². The Morgan fingerprint density at radius 2 is 2.33 bits per heavy atom. The summed E-state index contributed by atoms with van der Waals surface area (Å²) < 4.78 is 0. The second kappa shape index (κ2) is 6.71. The number of thioether (sulfide) groups is 1. The van der Waals surface area contributed by atoms with Gasteiger partial charge in [0.15, 0.2) is 0 Å². The molecule has 3 atom stereocenters. The molecule has 3 unspecified atom stereocenters. The first-order chi connectivity index (χ1) is 10.1. The van der Waals surface area contributed by atoms with Gasteiger partial charge in [-0.15, -0.1) is 11.3 Å². The van der Waals surface area contributed by atoms with Crippen molar-refractivity contribution in [3.8, 4) is 0 Å². The van der Waals surface area contributed by atoms with E-state index in [1.807, 2.05) is 11.8 Å². The van der Waals surface area contributed by atoms with Crippen LogP contribution in [0.5, 0.6) is 0 Å². The van der Waals surface area contributed by atoms with E-state index in [1.165, 1.54) is 22.8 Å². The zero-order valence-electron chi connectivity index (χ0n) is 12.7. The molecule has 0 radical (unpaired) electrons. The minimum absolute atomic E-state index is 0.00819. The minimum atomic E-state index is -0.00819. The fourth-order valence-corrected chi connectivity index (χ4v) is 5.27. The van der Waals surface area contributed by atoms with Crippen molar-refractivity contribution in [3.63, 3.8) is 0 Å². The molecule has 21 heavy (non-hydrogen) atoms. The van der Waals surface area contributed by atoms with Crippen LogP contribution in [0.2, 0.25) is 0 Å². The van der Waals surface area contributed by atoms with Gasteiger partial charge >= 0.3 is 0 Å². The average Bonchev–Trinajstić information content (AvgIpc) is 3.15. The third kappa shape index (κ3) is 3.46. The maximum absolute atomic E-state index is 12.8. The highest BCUT2D eigenvalue weighted by Gasteiger charge is 2.41. The highest BCUT2D eigenvalue weighted by molar-refractivity contribution is 7.99. The summed E-state index contributed by atoms with van der Waals surface area (Å²) in [5, 5.41) is 5.68. The van der Waals surface area contributed by atoms with E-state index >= 15 is 0 Å². The van der Waals surface area contributed by atoms with Crippen LogP contribution in [-0.2, 0) is 4.79 Å². The van der Waals surface area contributed by atoms with Gasteiger partial charge in [-0.25, -0.2) is 0 Å². The molecule has 1 amide bonds. The van der Waals surface area contributed by atoms with E-state index in [0.29, 0.717) is 17.7 Å². The van der Waals surface area contributed by atoms with Crippen molar-refractivity contribution >= 4 is 29.0 Å². The molecule has 2 fully saturated rings. The largest absolute Gasteiger partial charge is 0.320 e. The zero-order valence-corrected chi connectivity index (χ0v) is 14.4. The summed E-state index contributed by atoms with van der Waals surface area (Å²) in [7, 11) is 0. The number of amides is 1. The van der Waals surface area contributed by atoms with Crippen molar-refractivity contribution in [2.75, 3.05) is 18.1 Å². The summed E-state index contributed by atoms with van der Waals surface area (Å²) in [4.78, 5) is 16.2. The summed E-state index contributed by atoms with van der Waals surface area (Å²) in [6, 6.07) is 4.21. The van der Waals surface area contributed by atoms with Crippen molar-refractivity contribution in [2.45, 2.75) is 38.9 Å². The fraction of sp³-hybridized carbons (Fsp3) is 0.688. The second-order valence-electron chi connectivity index (χ2n) is 6.49. The molecule has 0 aliphatic carbocycles. The van der Waals surface area contributed by atoms with Crippen molar-refractivity contribution in [1.82, 2.24) is 10.2 Å².